The lowest BCUT2D eigenvalue weighted by Gasteiger charge is -2.32. The number of benzene rings is 2. The molecule has 1 saturated heterocycles. The molecule has 164 valence electrons. The molecule has 1 atom stereocenters. The molecule has 2 aromatic rings. The second-order valence-electron chi connectivity index (χ2n) is 7.96. The van der Waals surface area contributed by atoms with Gasteiger partial charge in [-0.15, -0.1) is 13.2 Å². The van der Waals surface area contributed by atoms with Crippen molar-refractivity contribution in [2.75, 3.05) is 6.54 Å². The molecule has 6 nitrogen and oxygen atoms in total. The number of fused-ring (bicyclic) bond motifs is 1. The van der Waals surface area contributed by atoms with Crippen LogP contribution in [0, 0.1) is 5.41 Å². The number of hydrogen-bond donors (Lipinski definition) is 2. The number of halogens is 3. The third-order valence-corrected chi connectivity index (χ3v) is 5.98. The predicted molar refractivity (Wildman–Crippen MR) is 103 cm³/mol. The molecule has 9 heteroatoms. The Hall–Kier alpha value is -3.07. The molecular weight excluding hydrogens is 413 g/mol. The Kier molecular flexibility index (Phi) is 5.38. The van der Waals surface area contributed by atoms with Crippen LogP contribution < -0.4 is 10.1 Å². The van der Waals surface area contributed by atoms with Crippen molar-refractivity contribution in [1.29, 1.82) is 0 Å². The third kappa shape index (κ3) is 4.36. The van der Waals surface area contributed by atoms with E-state index in [1.165, 1.54) is 18.2 Å². The number of alkyl halides is 3. The smallest absolute Gasteiger partial charge is 0.405 e. The topological polar surface area (TPSA) is 78.9 Å². The highest BCUT2D eigenvalue weighted by Gasteiger charge is 2.44. The van der Waals surface area contributed by atoms with Crippen LogP contribution in [-0.2, 0) is 24.2 Å². The Morgan fingerprint density at radius 2 is 1.94 bits per heavy atom. The van der Waals surface area contributed by atoms with Crippen molar-refractivity contribution < 1.29 is 32.7 Å². The molecule has 0 aromatic heterocycles. The van der Waals surface area contributed by atoms with Gasteiger partial charge in [0.1, 0.15) is 5.75 Å². The highest BCUT2D eigenvalue weighted by Crippen LogP contribution is 2.41. The molecule has 0 bridgehead atoms. The summed E-state index contributed by atoms with van der Waals surface area (Å²) in [6.07, 6.45) is -2.15. The van der Waals surface area contributed by atoms with Gasteiger partial charge in [-0.05, 0) is 55.0 Å². The van der Waals surface area contributed by atoms with Crippen molar-refractivity contribution in [3.63, 3.8) is 0 Å². The third-order valence-electron chi connectivity index (χ3n) is 5.98. The molecule has 2 aliphatic rings. The number of ether oxygens (including phenoxy) is 1. The fraction of sp³-hybridized carbons (Fsp3) is 0.364. The predicted octanol–water partition coefficient (Wildman–Crippen LogP) is 3.61. The zero-order valence-electron chi connectivity index (χ0n) is 16.5. The fourth-order valence-corrected chi connectivity index (χ4v) is 4.36. The van der Waals surface area contributed by atoms with Crippen molar-refractivity contribution in [3.8, 4) is 5.75 Å². The monoisotopic (exact) mass is 434 g/mol. The van der Waals surface area contributed by atoms with Crippen molar-refractivity contribution in [1.82, 2.24) is 10.4 Å². The van der Waals surface area contributed by atoms with E-state index in [0.29, 0.717) is 18.0 Å². The van der Waals surface area contributed by atoms with E-state index in [0.717, 1.165) is 36.5 Å². The summed E-state index contributed by atoms with van der Waals surface area (Å²) in [5.41, 5.74) is 1.68. The summed E-state index contributed by atoms with van der Waals surface area (Å²) in [5, 5.41) is 13.5. The van der Waals surface area contributed by atoms with Crippen LogP contribution in [0.5, 0.6) is 5.75 Å². The molecule has 2 N–H and O–H groups in total. The van der Waals surface area contributed by atoms with Gasteiger partial charge in [-0.1, -0.05) is 24.3 Å². The van der Waals surface area contributed by atoms with Crippen molar-refractivity contribution >= 4 is 11.8 Å². The van der Waals surface area contributed by atoms with Crippen LogP contribution in [0.3, 0.4) is 0 Å². The maximum absolute atomic E-state index is 12.7. The van der Waals surface area contributed by atoms with Crippen LogP contribution >= 0.6 is 0 Å². The molecule has 31 heavy (non-hydrogen) atoms. The van der Waals surface area contributed by atoms with Gasteiger partial charge in [0.25, 0.3) is 5.91 Å². The Labute approximate surface area is 176 Å². The van der Waals surface area contributed by atoms with Crippen LogP contribution in [-0.4, -0.2) is 35.0 Å². The summed E-state index contributed by atoms with van der Waals surface area (Å²) >= 11 is 0. The first kappa shape index (κ1) is 21.2. The summed E-state index contributed by atoms with van der Waals surface area (Å²) in [6.45, 7) is 0.158. The van der Waals surface area contributed by atoms with Crippen molar-refractivity contribution in [3.05, 3.63) is 64.7 Å². The van der Waals surface area contributed by atoms with Gasteiger partial charge in [0, 0.05) is 17.7 Å². The maximum Gasteiger partial charge on any atom is 0.573 e. The SMILES string of the molecule is O=C(c1ccc2c(c1)C[C@]1(CCNC1=O)CC2)N(O)Cc1ccccc1OC(F)(F)F. The highest BCUT2D eigenvalue weighted by molar-refractivity contribution is 5.94. The maximum atomic E-state index is 12.7. The highest BCUT2D eigenvalue weighted by atomic mass is 19.4. The molecule has 1 heterocycles. The average Bonchev–Trinajstić information content (AvgIpc) is 3.06. The lowest BCUT2D eigenvalue weighted by molar-refractivity contribution is -0.275. The van der Waals surface area contributed by atoms with E-state index in [4.69, 9.17) is 0 Å². The summed E-state index contributed by atoms with van der Waals surface area (Å²) in [4.78, 5) is 25.0. The number of amides is 2. The van der Waals surface area contributed by atoms with Gasteiger partial charge < -0.3 is 10.1 Å². The molecule has 1 spiro atoms. The number of hydroxylamine groups is 2. The van der Waals surface area contributed by atoms with Crippen LogP contribution in [0.1, 0.15) is 39.9 Å². The largest absolute Gasteiger partial charge is 0.573 e. The number of para-hydroxylation sites is 1. The molecule has 1 fully saturated rings. The molecule has 1 aliphatic heterocycles. The Bertz CT molecular complexity index is 1020. The van der Waals surface area contributed by atoms with Gasteiger partial charge in [-0.2, -0.15) is 0 Å². The minimum Gasteiger partial charge on any atom is -0.405 e. The first-order valence-electron chi connectivity index (χ1n) is 9.91. The van der Waals surface area contributed by atoms with Crippen molar-refractivity contribution in [2.45, 2.75) is 38.6 Å². The van der Waals surface area contributed by atoms with Gasteiger partial charge in [0.05, 0.1) is 12.0 Å². The summed E-state index contributed by atoms with van der Waals surface area (Å²) in [7, 11) is 0. The minimum absolute atomic E-state index is 0.00946. The van der Waals surface area contributed by atoms with Gasteiger partial charge in [0.2, 0.25) is 5.91 Å². The van der Waals surface area contributed by atoms with E-state index >= 15 is 0 Å². The van der Waals surface area contributed by atoms with E-state index in [1.54, 1.807) is 18.2 Å². The second kappa shape index (κ2) is 7.88. The van der Waals surface area contributed by atoms with Gasteiger partial charge in [0.15, 0.2) is 0 Å². The number of carbonyl (C=O) groups excluding carboxylic acids is 2. The zero-order chi connectivity index (χ0) is 22.2. The molecule has 2 aromatic carbocycles. The number of nitrogens with one attached hydrogen (secondary N) is 1. The number of rotatable bonds is 4. The lowest BCUT2D eigenvalue weighted by atomic mass is 9.70. The summed E-state index contributed by atoms with van der Waals surface area (Å²) in [6, 6.07) is 10.4. The van der Waals surface area contributed by atoms with E-state index in [-0.39, 0.29) is 17.0 Å². The Morgan fingerprint density at radius 3 is 2.65 bits per heavy atom. The fourth-order valence-electron chi connectivity index (χ4n) is 4.36. The number of hydrogen-bond acceptors (Lipinski definition) is 4. The first-order chi connectivity index (χ1) is 14.7. The van der Waals surface area contributed by atoms with Crippen LogP contribution in [0.25, 0.3) is 0 Å². The van der Waals surface area contributed by atoms with Crippen LogP contribution in [0.15, 0.2) is 42.5 Å². The number of aryl methyl sites for hydroxylation is 1. The quantitative estimate of drug-likeness (QED) is 0.569. The molecule has 2 amide bonds. The summed E-state index contributed by atoms with van der Waals surface area (Å²) in [5.74, 6) is -1.21. The van der Waals surface area contributed by atoms with E-state index < -0.39 is 30.0 Å². The lowest BCUT2D eigenvalue weighted by Crippen LogP contribution is -2.36. The van der Waals surface area contributed by atoms with E-state index in [9.17, 15) is 28.0 Å². The second-order valence-corrected chi connectivity index (χ2v) is 7.96. The van der Waals surface area contributed by atoms with Crippen molar-refractivity contribution in [2.24, 2.45) is 5.41 Å². The summed E-state index contributed by atoms with van der Waals surface area (Å²) < 4.78 is 41.8. The zero-order valence-corrected chi connectivity index (χ0v) is 16.5. The molecule has 1 aliphatic carbocycles. The molecular formula is C22H21F3N2O4. The van der Waals surface area contributed by atoms with E-state index in [1.807, 2.05) is 0 Å². The first-order valence-corrected chi connectivity index (χ1v) is 9.91. The van der Waals surface area contributed by atoms with Gasteiger partial charge >= 0.3 is 6.36 Å². The van der Waals surface area contributed by atoms with Crippen LogP contribution in [0.4, 0.5) is 13.2 Å². The standard InChI is InChI=1S/C22H21F3N2O4/c23-22(24,25)31-18-4-2-1-3-16(18)13-27(30)19(28)15-6-5-14-7-8-21(12-17(14)11-15)9-10-26-20(21)29/h1-6,11,30H,7-10,12-13H2,(H,26,29)/t21-/m1/s1. The molecule has 0 saturated carbocycles. The molecule has 0 unspecified atom stereocenters. The van der Waals surface area contributed by atoms with E-state index in [2.05, 4.69) is 10.1 Å². The number of carbonyl (C=O) groups is 2. The van der Waals surface area contributed by atoms with Gasteiger partial charge in [-0.3, -0.25) is 14.8 Å². The van der Waals surface area contributed by atoms with Crippen LogP contribution in [0.2, 0.25) is 0 Å². The average molecular weight is 434 g/mol. The number of nitrogens with zero attached hydrogens (tertiary/aromatic N) is 1. The normalized spacial score (nSPS) is 20.3. The minimum atomic E-state index is -4.89. The Morgan fingerprint density at radius 1 is 1.16 bits per heavy atom. The molecule has 0 radical (unpaired) electrons. The van der Waals surface area contributed by atoms with Gasteiger partial charge in [-0.25, -0.2) is 5.06 Å². The molecule has 4 rings (SSSR count). The Balaban J connectivity index is 1.52.